The highest BCUT2D eigenvalue weighted by atomic mass is 35.5. The number of para-hydroxylation sites is 1. The van der Waals surface area contributed by atoms with Crippen molar-refractivity contribution in [2.45, 2.75) is 12.1 Å². The Bertz CT molecular complexity index is 1030. The lowest BCUT2D eigenvalue weighted by Gasteiger charge is -2.26. The van der Waals surface area contributed by atoms with E-state index in [4.69, 9.17) is 23.2 Å². The minimum absolute atomic E-state index is 0.0860. The van der Waals surface area contributed by atoms with Crippen molar-refractivity contribution in [2.75, 3.05) is 4.90 Å². The molecule has 2 heterocycles. The summed E-state index contributed by atoms with van der Waals surface area (Å²) in [6.45, 7) is 0.0860. The summed E-state index contributed by atoms with van der Waals surface area (Å²) in [4.78, 5) is 51.5. The van der Waals surface area contributed by atoms with Gasteiger partial charge in [0.25, 0.3) is 11.8 Å². The average Bonchev–Trinajstić information content (AvgIpc) is 3.05. The number of hydrogen-bond donors (Lipinski definition) is 1. The van der Waals surface area contributed by atoms with E-state index in [1.54, 1.807) is 42.5 Å². The Morgan fingerprint density at radius 3 is 2.48 bits per heavy atom. The fraction of sp³-hybridized carbons (Fsp3) is 0.111. The fourth-order valence-corrected chi connectivity index (χ4v) is 3.82. The van der Waals surface area contributed by atoms with Crippen molar-refractivity contribution >= 4 is 53.1 Å². The minimum Gasteiger partial charge on any atom is -0.305 e. The molecule has 7 nitrogen and oxygen atoms in total. The first kappa shape index (κ1) is 17.5. The van der Waals surface area contributed by atoms with Gasteiger partial charge in [-0.2, -0.15) is 0 Å². The van der Waals surface area contributed by atoms with Gasteiger partial charge in [0.15, 0.2) is 0 Å². The molecule has 136 valence electrons. The van der Waals surface area contributed by atoms with Gasteiger partial charge < -0.3 is 4.90 Å². The number of halogens is 2. The van der Waals surface area contributed by atoms with Crippen molar-refractivity contribution < 1.29 is 19.2 Å². The molecule has 27 heavy (non-hydrogen) atoms. The van der Waals surface area contributed by atoms with E-state index in [2.05, 4.69) is 5.32 Å². The van der Waals surface area contributed by atoms with Crippen LogP contribution in [0, 0.1) is 0 Å². The van der Waals surface area contributed by atoms with Crippen molar-refractivity contribution in [3.8, 4) is 0 Å². The molecule has 0 bridgehead atoms. The highest BCUT2D eigenvalue weighted by Gasteiger charge is 2.66. The number of fused-ring (bicyclic) bond motifs is 2. The number of nitrogens with zero attached hydrogens (tertiary/aromatic N) is 2. The molecule has 1 N–H and O–H groups in total. The predicted molar refractivity (Wildman–Crippen MR) is 97.2 cm³/mol. The van der Waals surface area contributed by atoms with E-state index in [-0.39, 0.29) is 18.5 Å². The Balaban J connectivity index is 1.85. The van der Waals surface area contributed by atoms with Crippen LogP contribution in [0.4, 0.5) is 10.5 Å². The summed E-state index contributed by atoms with van der Waals surface area (Å²) in [5.74, 6) is -1.54. The van der Waals surface area contributed by atoms with Crippen LogP contribution in [0.15, 0.2) is 42.5 Å². The molecule has 1 saturated heterocycles. The van der Waals surface area contributed by atoms with Crippen LogP contribution in [-0.4, -0.2) is 29.2 Å². The van der Waals surface area contributed by atoms with Crippen molar-refractivity contribution in [1.82, 2.24) is 10.2 Å². The number of nitrogens with one attached hydrogen (secondary N) is 1. The number of amides is 5. The van der Waals surface area contributed by atoms with Crippen molar-refractivity contribution in [2.24, 2.45) is 0 Å². The van der Waals surface area contributed by atoms with Gasteiger partial charge in [-0.3, -0.25) is 19.7 Å². The van der Waals surface area contributed by atoms with E-state index in [1.165, 1.54) is 4.90 Å². The molecule has 1 atom stereocenters. The summed E-state index contributed by atoms with van der Waals surface area (Å²) in [6.07, 6.45) is 0.192. The van der Waals surface area contributed by atoms with Gasteiger partial charge in [-0.25, -0.2) is 9.69 Å². The molecule has 2 aliphatic heterocycles. The van der Waals surface area contributed by atoms with Crippen LogP contribution in [0.5, 0.6) is 0 Å². The number of anilines is 1. The lowest BCUT2D eigenvalue weighted by molar-refractivity contribution is -0.142. The molecule has 5 amide bonds. The first-order valence-corrected chi connectivity index (χ1v) is 8.62. The minimum atomic E-state index is -2.04. The standard InChI is InChI=1S/C18H11Cl2N3O4/c19-12-6-5-10(7-13(12)20)8-22-14-4-2-1-3-11(14)18(16(22)26)15(25)21-17(27)23(18)9-24/h1-7,9H,8H2,(H,21,25,27). The Labute approximate surface area is 163 Å². The number of hydrogen-bond acceptors (Lipinski definition) is 4. The maximum atomic E-state index is 13.3. The van der Waals surface area contributed by atoms with E-state index in [0.717, 1.165) is 0 Å². The van der Waals surface area contributed by atoms with Crippen molar-refractivity contribution in [1.29, 1.82) is 0 Å². The molecule has 9 heteroatoms. The third-order valence-electron chi connectivity index (χ3n) is 4.70. The van der Waals surface area contributed by atoms with Gasteiger partial charge in [0, 0.05) is 5.56 Å². The van der Waals surface area contributed by atoms with Gasteiger partial charge in [-0.15, -0.1) is 0 Å². The third-order valence-corrected chi connectivity index (χ3v) is 5.44. The Morgan fingerprint density at radius 2 is 1.78 bits per heavy atom. The number of urea groups is 1. The second-order valence-corrected chi connectivity index (χ2v) is 6.92. The molecule has 0 radical (unpaired) electrons. The number of imide groups is 2. The van der Waals surface area contributed by atoms with Crippen LogP contribution in [0.2, 0.25) is 10.0 Å². The molecule has 4 rings (SSSR count). The number of carbonyl (C=O) groups excluding carboxylic acids is 4. The fourth-order valence-electron chi connectivity index (χ4n) is 3.50. The average molecular weight is 404 g/mol. The van der Waals surface area contributed by atoms with Crippen LogP contribution in [0.3, 0.4) is 0 Å². The van der Waals surface area contributed by atoms with Gasteiger partial charge in [-0.05, 0) is 23.8 Å². The topological polar surface area (TPSA) is 86.8 Å². The molecule has 0 aliphatic carbocycles. The summed E-state index contributed by atoms with van der Waals surface area (Å²) < 4.78 is 0. The normalized spacial score (nSPS) is 21.0. The van der Waals surface area contributed by atoms with Gasteiger partial charge in [0.2, 0.25) is 11.9 Å². The molecular formula is C18H11Cl2N3O4. The van der Waals surface area contributed by atoms with Crippen LogP contribution < -0.4 is 10.2 Å². The van der Waals surface area contributed by atoms with Crippen LogP contribution in [0.25, 0.3) is 0 Å². The summed E-state index contributed by atoms with van der Waals surface area (Å²) in [6, 6.07) is 10.5. The van der Waals surface area contributed by atoms with Crippen molar-refractivity contribution in [3.63, 3.8) is 0 Å². The van der Waals surface area contributed by atoms with E-state index in [0.29, 0.717) is 26.2 Å². The third kappa shape index (κ3) is 2.28. The van der Waals surface area contributed by atoms with E-state index in [9.17, 15) is 19.2 Å². The smallest absolute Gasteiger partial charge is 0.305 e. The van der Waals surface area contributed by atoms with Gasteiger partial charge in [0.05, 0.1) is 22.3 Å². The second kappa shape index (κ2) is 6.07. The SMILES string of the molecule is O=CN1C(=O)NC(=O)C12C(=O)N(Cc1ccc(Cl)c(Cl)c1)c1ccccc12. The molecule has 1 fully saturated rings. The summed E-state index contributed by atoms with van der Waals surface area (Å²) in [7, 11) is 0. The largest absolute Gasteiger partial charge is 0.332 e. The molecule has 1 spiro atoms. The van der Waals surface area contributed by atoms with Crippen LogP contribution in [-0.2, 0) is 26.5 Å². The maximum Gasteiger partial charge on any atom is 0.332 e. The number of carbonyl (C=O) groups is 4. The molecule has 2 aliphatic rings. The van der Waals surface area contributed by atoms with Gasteiger partial charge >= 0.3 is 6.03 Å². The molecule has 1 unspecified atom stereocenters. The lowest BCUT2D eigenvalue weighted by atomic mass is 9.90. The van der Waals surface area contributed by atoms with E-state index < -0.39 is 23.4 Å². The van der Waals surface area contributed by atoms with Crippen LogP contribution >= 0.6 is 23.2 Å². The first-order valence-electron chi connectivity index (χ1n) is 7.86. The number of rotatable bonds is 3. The Kier molecular flexibility index (Phi) is 3.94. The summed E-state index contributed by atoms with van der Waals surface area (Å²) in [5.41, 5.74) is -0.658. The highest BCUT2D eigenvalue weighted by Crippen LogP contribution is 2.46. The van der Waals surface area contributed by atoms with Gasteiger partial charge in [-0.1, -0.05) is 47.5 Å². The molecule has 2 aromatic carbocycles. The summed E-state index contributed by atoms with van der Waals surface area (Å²) >= 11 is 12.0. The zero-order chi connectivity index (χ0) is 19.3. The first-order chi connectivity index (χ1) is 12.9. The zero-order valence-electron chi connectivity index (χ0n) is 13.6. The maximum absolute atomic E-state index is 13.3. The predicted octanol–water partition coefficient (Wildman–Crippen LogP) is 2.44. The Hall–Kier alpha value is -2.90. The lowest BCUT2D eigenvalue weighted by Crippen LogP contribution is -2.53. The monoisotopic (exact) mass is 403 g/mol. The molecule has 0 saturated carbocycles. The number of benzene rings is 2. The Morgan fingerprint density at radius 1 is 1.04 bits per heavy atom. The highest BCUT2D eigenvalue weighted by molar-refractivity contribution is 6.42. The molecule has 2 aromatic rings. The second-order valence-electron chi connectivity index (χ2n) is 6.10. The van der Waals surface area contributed by atoms with Crippen molar-refractivity contribution in [3.05, 3.63) is 63.6 Å². The molecular weight excluding hydrogens is 393 g/mol. The van der Waals surface area contributed by atoms with Crippen LogP contribution in [0.1, 0.15) is 11.1 Å². The van der Waals surface area contributed by atoms with E-state index >= 15 is 0 Å². The van der Waals surface area contributed by atoms with Gasteiger partial charge in [0.1, 0.15) is 0 Å². The zero-order valence-corrected chi connectivity index (χ0v) is 15.1. The summed E-state index contributed by atoms with van der Waals surface area (Å²) in [5, 5.41) is 2.75. The quantitative estimate of drug-likeness (QED) is 0.484. The molecule has 0 aromatic heterocycles. The van der Waals surface area contributed by atoms with E-state index in [1.807, 2.05) is 0 Å².